The first-order valence-electron chi connectivity index (χ1n) is 12.7. The van der Waals surface area contributed by atoms with Gasteiger partial charge in [-0.25, -0.2) is 9.59 Å². The van der Waals surface area contributed by atoms with Crippen molar-refractivity contribution in [2.24, 2.45) is 0 Å². The van der Waals surface area contributed by atoms with Gasteiger partial charge in [0.1, 0.15) is 0 Å². The summed E-state index contributed by atoms with van der Waals surface area (Å²) in [6, 6.07) is 14.7. The highest BCUT2D eigenvalue weighted by Gasteiger charge is 2.24. The number of para-hydroxylation sites is 1. The molecule has 2 aromatic carbocycles. The van der Waals surface area contributed by atoms with Crippen LogP contribution in [0.1, 0.15) is 30.1 Å². The Morgan fingerprint density at radius 1 is 0.842 bits per heavy atom. The lowest BCUT2D eigenvalue weighted by molar-refractivity contribution is -0.134. The number of aliphatic hydroxyl groups is 1. The van der Waals surface area contributed by atoms with E-state index in [4.69, 9.17) is 15.3 Å². The predicted molar refractivity (Wildman–Crippen MR) is 148 cm³/mol. The third-order valence-corrected chi connectivity index (χ3v) is 7.50. The summed E-state index contributed by atoms with van der Waals surface area (Å²) in [5, 5.41) is 24.7. The Balaban J connectivity index is 0.000000436. The van der Waals surface area contributed by atoms with E-state index in [1.807, 2.05) is 13.0 Å². The molecule has 0 aliphatic carbocycles. The number of carboxylic acids is 2. The normalized spacial score (nSPS) is 15.4. The molecule has 0 spiro atoms. The molecule has 1 fully saturated rings. The Morgan fingerprint density at radius 3 is 2.05 bits per heavy atom. The highest BCUT2D eigenvalue weighted by Crippen LogP contribution is 2.48. The number of carbonyl (C=O) groups excluding carboxylic acids is 1. The zero-order valence-electron chi connectivity index (χ0n) is 21.6. The van der Waals surface area contributed by atoms with E-state index in [1.54, 1.807) is 11.8 Å². The Morgan fingerprint density at radius 2 is 1.45 bits per heavy atom. The third-order valence-electron chi connectivity index (χ3n) is 6.37. The highest BCUT2D eigenvalue weighted by molar-refractivity contribution is 7.99. The number of rotatable bonds is 10. The molecule has 0 bridgehead atoms. The first kappa shape index (κ1) is 29.4. The second kappa shape index (κ2) is 14.7. The maximum absolute atomic E-state index is 12.3. The molecule has 2 aromatic rings. The van der Waals surface area contributed by atoms with Gasteiger partial charge in [0.25, 0.3) is 0 Å². The average molecular weight is 542 g/mol. The monoisotopic (exact) mass is 541 g/mol. The number of Topliss-reactive ketones (excluding diaryl/α,β-unsaturated/α-hetero) is 1. The van der Waals surface area contributed by atoms with Gasteiger partial charge in [-0.3, -0.25) is 9.69 Å². The van der Waals surface area contributed by atoms with E-state index in [1.165, 1.54) is 15.5 Å². The number of aliphatic carboxylic acids is 2. The average Bonchev–Trinajstić information content (AvgIpc) is 2.92. The Kier molecular flexibility index (Phi) is 11.3. The summed E-state index contributed by atoms with van der Waals surface area (Å²) in [5.41, 5.74) is 3.20. The van der Waals surface area contributed by atoms with Crippen LogP contribution >= 0.6 is 11.8 Å². The lowest BCUT2D eigenvalue weighted by atomic mass is 10.1. The molecule has 2 heterocycles. The van der Waals surface area contributed by atoms with E-state index >= 15 is 0 Å². The summed E-state index contributed by atoms with van der Waals surface area (Å²) in [6.07, 6.45) is 2.72. The number of piperazine rings is 1. The maximum atomic E-state index is 12.3. The Bertz CT molecular complexity index is 1130. The molecule has 2 aliphatic rings. The van der Waals surface area contributed by atoms with Gasteiger partial charge < -0.3 is 25.1 Å². The van der Waals surface area contributed by atoms with Crippen LogP contribution in [0.3, 0.4) is 0 Å². The van der Waals surface area contributed by atoms with Gasteiger partial charge in [0.15, 0.2) is 5.78 Å². The fourth-order valence-corrected chi connectivity index (χ4v) is 5.50. The summed E-state index contributed by atoms with van der Waals surface area (Å²) in [4.78, 5) is 41.2. The molecule has 38 heavy (non-hydrogen) atoms. The number of carbonyl (C=O) groups is 3. The Labute approximate surface area is 227 Å². The van der Waals surface area contributed by atoms with Gasteiger partial charge >= 0.3 is 11.9 Å². The molecule has 1 saturated heterocycles. The number of hydrogen-bond acceptors (Lipinski definition) is 8. The number of anilines is 2. The molecule has 0 saturated carbocycles. The van der Waals surface area contributed by atoms with Gasteiger partial charge in [0, 0.05) is 73.2 Å². The summed E-state index contributed by atoms with van der Waals surface area (Å²) in [5.74, 6) is -2.32. The molecule has 10 heteroatoms. The third kappa shape index (κ3) is 8.42. The van der Waals surface area contributed by atoms with Gasteiger partial charge in [-0.15, -0.1) is 0 Å². The quantitative estimate of drug-likeness (QED) is 0.304. The van der Waals surface area contributed by atoms with Gasteiger partial charge in [-0.05, 0) is 37.2 Å². The van der Waals surface area contributed by atoms with Crippen LogP contribution in [0.15, 0.2) is 64.4 Å². The fraction of sp³-hybridized carbons (Fsp3) is 0.393. The SMILES string of the molecule is CCC(=O)c1ccc2c(c1)N(CCCN1CCN(CCO)CC1)c1ccccc1S2.O=C(O)/C=C\C(=O)O. The topological polar surface area (TPSA) is 122 Å². The number of fused-ring (bicyclic) bond motifs is 2. The lowest BCUT2D eigenvalue weighted by Crippen LogP contribution is -2.47. The molecule has 204 valence electrons. The molecule has 3 N–H and O–H groups in total. The molecule has 4 rings (SSSR count). The van der Waals surface area contributed by atoms with Crippen molar-refractivity contribution in [3.63, 3.8) is 0 Å². The van der Waals surface area contributed by atoms with Crippen molar-refractivity contribution in [3.05, 3.63) is 60.2 Å². The van der Waals surface area contributed by atoms with Crippen LogP contribution in [0.2, 0.25) is 0 Å². The molecule has 9 nitrogen and oxygen atoms in total. The van der Waals surface area contributed by atoms with E-state index in [0.717, 1.165) is 63.5 Å². The molecule has 0 radical (unpaired) electrons. The van der Waals surface area contributed by atoms with Crippen LogP contribution < -0.4 is 4.90 Å². The van der Waals surface area contributed by atoms with Gasteiger partial charge in [0.2, 0.25) is 0 Å². The fourth-order valence-electron chi connectivity index (χ4n) is 4.42. The number of β-amino-alcohol motifs (C(OH)–C–C–N with tert-alkyl or cyclic N) is 1. The standard InChI is InChI=1S/C24H31N3O2S.C4H4O4/c1-2-22(29)19-8-9-24-21(18-19)27(20-6-3-4-7-23(20)30-24)11-5-10-25-12-14-26(15-13-25)16-17-28;5-3(6)1-2-4(7)8/h3-4,6-9,18,28H,2,5,10-17H2,1H3;1-2H,(H,5,6)(H,7,8)/b;2-1-. The van der Waals surface area contributed by atoms with Crippen LogP contribution in [0.25, 0.3) is 0 Å². The molecular formula is C28H35N3O6S. The van der Waals surface area contributed by atoms with Crippen LogP contribution in [-0.2, 0) is 9.59 Å². The van der Waals surface area contributed by atoms with Crippen molar-refractivity contribution in [1.82, 2.24) is 9.80 Å². The minimum Gasteiger partial charge on any atom is -0.478 e. The van der Waals surface area contributed by atoms with Crippen molar-refractivity contribution in [3.8, 4) is 0 Å². The van der Waals surface area contributed by atoms with E-state index < -0.39 is 11.9 Å². The van der Waals surface area contributed by atoms with Crippen molar-refractivity contribution in [2.75, 3.05) is 57.3 Å². The van der Waals surface area contributed by atoms with E-state index in [0.29, 0.717) is 18.6 Å². The Hall–Kier alpha value is -3.18. The number of aliphatic hydroxyl groups excluding tert-OH is 1. The van der Waals surface area contributed by atoms with E-state index in [2.05, 4.69) is 51.1 Å². The first-order valence-corrected chi connectivity index (χ1v) is 13.5. The number of ketones is 1. The zero-order chi connectivity index (χ0) is 27.5. The minimum absolute atomic E-state index is 0.197. The summed E-state index contributed by atoms with van der Waals surface area (Å²) in [7, 11) is 0. The van der Waals surface area contributed by atoms with Crippen LogP contribution in [0, 0.1) is 0 Å². The molecular weight excluding hydrogens is 506 g/mol. The lowest BCUT2D eigenvalue weighted by Gasteiger charge is -2.36. The minimum atomic E-state index is -1.26. The second-order valence-electron chi connectivity index (χ2n) is 8.95. The largest absolute Gasteiger partial charge is 0.478 e. The van der Waals surface area contributed by atoms with E-state index in [-0.39, 0.29) is 12.4 Å². The summed E-state index contributed by atoms with van der Waals surface area (Å²) in [6.45, 7) is 9.16. The number of hydrogen-bond donors (Lipinski definition) is 3. The van der Waals surface area contributed by atoms with Gasteiger partial charge in [-0.2, -0.15) is 0 Å². The number of carboxylic acid groups (broad SMARTS) is 2. The van der Waals surface area contributed by atoms with Crippen molar-refractivity contribution < 1.29 is 29.7 Å². The summed E-state index contributed by atoms with van der Waals surface area (Å²) >= 11 is 1.79. The van der Waals surface area contributed by atoms with Crippen molar-refractivity contribution >= 4 is 40.9 Å². The molecule has 0 amide bonds. The van der Waals surface area contributed by atoms with E-state index in [9.17, 15) is 14.4 Å². The maximum Gasteiger partial charge on any atom is 0.328 e. The smallest absolute Gasteiger partial charge is 0.328 e. The molecule has 0 aromatic heterocycles. The molecule has 2 aliphatic heterocycles. The predicted octanol–water partition coefficient (Wildman–Crippen LogP) is 3.59. The number of nitrogens with zero attached hydrogens (tertiary/aromatic N) is 3. The van der Waals surface area contributed by atoms with Crippen LogP contribution in [0.4, 0.5) is 11.4 Å². The van der Waals surface area contributed by atoms with Gasteiger partial charge in [-0.1, -0.05) is 36.9 Å². The highest BCUT2D eigenvalue weighted by atomic mass is 32.2. The van der Waals surface area contributed by atoms with Crippen LogP contribution in [0.5, 0.6) is 0 Å². The first-order chi connectivity index (χ1) is 18.3. The van der Waals surface area contributed by atoms with Crippen molar-refractivity contribution in [1.29, 1.82) is 0 Å². The van der Waals surface area contributed by atoms with Crippen molar-refractivity contribution in [2.45, 2.75) is 29.6 Å². The molecule has 0 atom stereocenters. The number of benzene rings is 2. The molecule has 0 unspecified atom stereocenters. The summed E-state index contributed by atoms with van der Waals surface area (Å²) < 4.78 is 0. The van der Waals surface area contributed by atoms with Gasteiger partial charge in [0.05, 0.1) is 18.0 Å². The second-order valence-corrected chi connectivity index (χ2v) is 10.0. The zero-order valence-corrected chi connectivity index (χ0v) is 22.4. The van der Waals surface area contributed by atoms with Crippen LogP contribution in [-0.4, -0.2) is 95.3 Å².